The Morgan fingerprint density at radius 1 is 1.15 bits per heavy atom. The molecule has 3 rings (SSSR count). The van der Waals surface area contributed by atoms with E-state index in [0.717, 1.165) is 29.8 Å². The Balaban J connectivity index is 1.63. The van der Waals surface area contributed by atoms with Crippen LogP contribution in [-0.2, 0) is 16.0 Å². The molecule has 2 aromatic rings. The number of nitrogens with zero attached hydrogens (tertiary/aromatic N) is 2. The van der Waals surface area contributed by atoms with Gasteiger partial charge in [0.2, 0.25) is 11.8 Å². The lowest BCUT2D eigenvalue weighted by Gasteiger charge is -2.25. The van der Waals surface area contributed by atoms with Gasteiger partial charge in [-0.15, -0.1) is 0 Å². The molecule has 2 aromatic carbocycles. The van der Waals surface area contributed by atoms with E-state index < -0.39 is 0 Å². The molecule has 5 heteroatoms. The molecule has 1 fully saturated rings. The zero-order valence-corrected chi connectivity index (χ0v) is 15.1. The van der Waals surface area contributed by atoms with Crippen molar-refractivity contribution in [1.82, 2.24) is 4.90 Å². The van der Waals surface area contributed by atoms with Gasteiger partial charge in [0.25, 0.3) is 0 Å². The molecule has 0 aromatic heterocycles. The molecule has 0 aliphatic carbocycles. The van der Waals surface area contributed by atoms with Gasteiger partial charge >= 0.3 is 0 Å². The van der Waals surface area contributed by atoms with Gasteiger partial charge in [-0.3, -0.25) is 9.59 Å². The van der Waals surface area contributed by atoms with Gasteiger partial charge in [-0.25, -0.2) is 4.39 Å². The molecule has 1 heterocycles. The fraction of sp³-hybridized carbons (Fsp3) is 0.333. The number of anilines is 1. The second-order valence-electron chi connectivity index (χ2n) is 6.72. The molecule has 0 radical (unpaired) electrons. The Hall–Kier alpha value is -2.69. The van der Waals surface area contributed by atoms with E-state index in [1.54, 1.807) is 29.0 Å². The van der Waals surface area contributed by atoms with Gasteiger partial charge in [0.15, 0.2) is 0 Å². The fourth-order valence-corrected chi connectivity index (χ4v) is 3.20. The SMILES string of the molecule is C[C@@H](c1ccc(F)cc1)N(C)C(=O)Cc1ccc(N2CCCC2=O)cc1. The summed E-state index contributed by atoms with van der Waals surface area (Å²) in [5, 5.41) is 0. The number of hydrogen-bond donors (Lipinski definition) is 0. The van der Waals surface area contributed by atoms with Crippen LogP contribution in [0, 0.1) is 5.82 Å². The second kappa shape index (κ2) is 7.68. The summed E-state index contributed by atoms with van der Waals surface area (Å²) in [4.78, 5) is 27.8. The van der Waals surface area contributed by atoms with Crippen LogP contribution >= 0.6 is 0 Å². The predicted octanol–water partition coefficient (Wildman–Crippen LogP) is 3.71. The Kier molecular flexibility index (Phi) is 5.35. The van der Waals surface area contributed by atoms with Gasteiger partial charge in [-0.05, 0) is 48.7 Å². The molecule has 1 saturated heterocycles. The summed E-state index contributed by atoms with van der Waals surface area (Å²) in [6.45, 7) is 2.68. The molecule has 136 valence electrons. The Morgan fingerprint density at radius 3 is 2.38 bits per heavy atom. The van der Waals surface area contributed by atoms with Crippen molar-refractivity contribution in [3.05, 3.63) is 65.5 Å². The number of carbonyl (C=O) groups excluding carboxylic acids is 2. The normalized spacial score (nSPS) is 15.2. The molecule has 0 spiro atoms. The van der Waals surface area contributed by atoms with Crippen molar-refractivity contribution in [3.8, 4) is 0 Å². The fourth-order valence-electron chi connectivity index (χ4n) is 3.20. The number of likely N-dealkylation sites (N-methyl/N-ethyl adjacent to an activating group) is 1. The molecule has 0 N–H and O–H groups in total. The quantitative estimate of drug-likeness (QED) is 0.821. The van der Waals surface area contributed by atoms with Crippen molar-refractivity contribution in [3.63, 3.8) is 0 Å². The Bertz CT molecular complexity index is 787. The van der Waals surface area contributed by atoms with Crippen LogP contribution in [-0.4, -0.2) is 30.3 Å². The van der Waals surface area contributed by atoms with Crippen LogP contribution in [0.25, 0.3) is 0 Å². The van der Waals surface area contributed by atoms with Gasteiger partial charge in [-0.2, -0.15) is 0 Å². The second-order valence-corrected chi connectivity index (χ2v) is 6.72. The van der Waals surface area contributed by atoms with Crippen molar-refractivity contribution in [2.24, 2.45) is 0 Å². The largest absolute Gasteiger partial charge is 0.339 e. The number of hydrogen-bond acceptors (Lipinski definition) is 2. The molecule has 26 heavy (non-hydrogen) atoms. The van der Waals surface area contributed by atoms with Crippen molar-refractivity contribution in [2.75, 3.05) is 18.5 Å². The van der Waals surface area contributed by atoms with Gasteiger partial charge in [0.05, 0.1) is 12.5 Å². The maximum absolute atomic E-state index is 13.1. The number of carbonyl (C=O) groups is 2. The van der Waals surface area contributed by atoms with Crippen LogP contribution in [0.15, 0.2) is 48.5 Å². The Morgan fingerprint density at radius 2 is 1.81 bits per heavy atom. The molecule has 2 amide bonds. The lowest BCUT2D eigenvalue weighted by atomic mass is 10.1. The van der Waals surface area contributed by atoms with Crippen LogP contribution in [0.5, 0.6) is 0 Å². The van der Waals surface area contributed by atoms with Gasteiger partial charge in [0, 0.05) is 25.7 Å². The van der Waals surface area contributed by atoms with Crippen LogP contribution in [0.1, 0.15) is 36.9 Å². The summed E-state index contributed by atoms with van der Waals surface area (Å²) in [6, 6.07) is 13.7. The summed E-state index contributed by atoms with van der Waals surface area (Å²) >= 11 is 0. The molecule has 4 nitrogen and oxygen atoms in total. The maximum Gasteiger partial charge on any atom is 0.227 e. The monoisotopic (exact) mass is 354 g/mol. The molecule has 1 aliphatic heterocycles. The first-order chi connectivity index (χ1) is 12.5. The molecular weight excluding hydrogens is 331 g/mol. The highest BCUT2D eigenvalue weighted by atomic mass is 19.1. The minimum absolute atomic E-state index is 0.00757. The highest BCUT2D eigenvalue weighted by Crippen LogP contribution is 2.23. The number of rotatable bonds is 5. The molecule has 0 bridgehead atoms. The van der Waals surface area contributed by atoms with E-state index in [1.807, 2.05) is 31.2 Å². The number of halogens is 1. The summed E-state index contributed by atoms with van der Waals surface area (Å²) in [5.74, 6) is -0.139. The summed E-state index contributed by atoms with van der Waals surface area (Å²) in [7, 11) is 1.76. The van der Waals surface area contributed by atoms with E-state index in [-0.39, 0.29) is 30.1 Å². The summed E-state index contributed by atoms with van der Waals surface area (Å²) in [5.41, 5.74) is 2.69. The van der Waals surface area contributed by atoms with Gasteiger partial charge < -0.3 is 9.80 Å². The third-order valence-electron chi connectivity index (χ3n) is 5.00. The van der Waals surface area contributed by atoms with Crippen LogP contribution in [0.2, 0.25) is 0 Å². The van der Waals surface area contributed by atoms with Crippen LogP contribution in [0.4, 0.5) is 10.1 Å². The van der Waals surface area contributed by atoms with Gasteiger partial charge in [0.1, 0.15) is 5.82 Å². The average Bonchev–Trinajstić information content (AvgIpc) is 3.07. The average molecular weight is 354 g/mol. The number of benzene rings is 2. The van der Waals surface area contributed by atoms with Crippen LogP contribution in [0.3, 0.4) is 0 Å². The van der Waals surface area contributed by atoms with E-state index in [9.17, 15) is 14.0 Å². The molecule has 1 aliphatic rings. The number of amides is 2. The van der Waals surface area contributed by atoms with Crippen molar-refractivity contribution < 1.29 is 14.0 Å². The highest BCUT2D eigenvalue weighted by Gasteiger charge is 2.22. The Labute approximate surface area is 153 Å². The van der Waals surface area contributed by atoms with E-state index in [0.29, 0.717) is 6.42 Å². The van der Waals surface area contributed by atoms with Crippen LogP contribution < -0.4 is 4.90 Å². The van der Waals surface area contributed by atoms with E-state index in [1.165, 1.54) is 12.1 Å². The van der Waals surface area contributed by atoms with Crippen molar-refractivity contribution in [1.29, 1.82) is 0 Å². The molecular formula is C21H23FN2O2. The predicted molar refractivity (Wildman–Crippen MR) is 99.3 cm³/mol. The lowest BCUT2D eigenvalue weighted by molar-refractivity contribution is -0.131. The first-order valence-electron chi connectivity index (χ1n) is 8.86. The standard InChI is InChI=1S/C21H23FN2O2/c1-15(17-7-9-18(22)10-8-17)23(2)21(26)14-16-5-11-19(12-6-16)24-13-3-4-20(24)25/h5-12,15H,3-4,13-14H2,1-2H3/t15-/m0/s1. The summed E-state index contributed by atoms with van der Waals surface area (Å²) < 4.78 is 13.1. The smallest absolute Gasteiger partial charge is 0.227 e. The van der Waals surface area contributed by atoms with Gasteiger partial charge in [-0.1, -0.05) is 24.3 Å². The zero-order chi connectivity index (χ0) is 18.7. The first kappa shape index (κ1) is 18.1. The first-order valence-corrected chi connectivity index (χ1v) is 8.86. The van der Waals surface area contributed by atoms with Crippen molar-refractivity contribution >= 4 is 17.5 Å². The minimum atomic E-state index is -0.286. The topological polar surface area (TPSA) is 40.6 Å². The molecule has 0 unspecified atom stereocenters. The van der Waals surface area contributed by atoms with E-state index in [2.05, 4.69) is 0 Å². The van der Waals surface area contributed by atoms with E-state index >= 15 is 0 Å². The lowest BCUT2D eigenvalue weighted by Crippen LogP contribution is -2.31. The highest BCUT2D eigenvalue weighted by molar-refractivity contribution is 5.95. The maximum atomic E-state index is 13.1. The molecule has 1 atom stereocenters. The van der Waals surface area contributed by atoms with Crippen molar-refractivity contribution in [2.45, 2.75) is 32.2 Å². The summed E-state index contributed by atoms with van der Waals surface area (Å²) in [6.07, 6.45) is 1.79. The molecule has 0 saturated carbocycles. The minimum Gasteiger partial charge on any atom is -0.339 e. The third kappa shape index (κ3) is 3.93. The third-order valence-corrected chi connectivity index (χ3v) is 5.00. The zero-order valence-electron chi connectivity index (χ0n) is 15.1. The van der Waals surface area contributed by atoms with E-state index in [4.69, 9.17) is 0 Å².